The van der Waals surface area contributed by atoms with Crippen LogP contribution in [0.3, 0.4) is 0 Å². The highest BCUT2D eigenvalue weighted by molar-refractivity contribution is 5.05. The summed E-state index contributed by atoms with van der Waals surface area (Å²) in [6.45, 7) is 8.60. The van der Waals surface area contributed by atoms with Gasteiger partial charge in [-0.25, -0.2) is 0 Å². The molecular formula is C16H28N2O. The molecule has 108 valence electrons. The molecule has 1 saturated carbocycles. The average molecular weight is 264 g/mol. The van der Waals surface area contributed by atoms with E-state index in [9.17, 15) is 0 Å². The number of nitrogens with zero attached hydrogens (tertiary/aromatic N) is 1. The fraction of sp³-hybridized carbons (Fsp3) is 0.750. The Morgan fingerprint density at radius 2 is 2.05 bits per heavy atom. The van der Waals surface area contributed by atoms with Crippen LogP contribution in [0.15, 0.2) is 16.5 Å². The van der Waals surface area contributed by atoms with Crippen LogP contribution < -0.4 is 5.73 Å². The van der Waals surface area contributed by atoms with E-state index in [0.717, 1.165) is 36.4 Å². The first-order valence-electron chi connectivity index (χ1n) is 7.45. The second kappa shape index (κ2) is 6.10. The van der Waals surface area contributed by atoms with Crippen molar-refractivity contribution in [2.45, 2.75) is 46.2 Å². The van der Waals surface area contributed by atoms with Crippen LogP contribution in [-0.4, -0.2) is 24.5 Å². The molecule has 3 heteroatoms. The molecule has 4 unspecified atom stereocenters. The van der Waals surface area contributed by atoms with E-state index in [1.165, 1.54) is 12.8 Å². The fourth-order valence-electron chi connectivity index (χ4n) is 3.54. The van der Waals surface area contributed by atoms with Gasteiger partial charge in [-0.05, 0) is 56.7 Å². The third-order valence-electron chi connectivity index (χ3n) is 4.47. The van der Waals surface area contributed by atoms with E-state index in [1.807, 2.05) is 13.0 Å². The van der Waals surface area contributed by atoms with Crippen molar-refractivity contribution in [2.24, 2.45) is 23.5 Å². The molecule has 1 aromatic rings. The van der Waals surface area contributed by atoms with Crippen LogP contribution in [-0.2, 0) is 6.54 Å². The lowest BCUT2D eigenvalue weighted by Crippen LogP contribution is -2.45. The summed E-state index contributed by atoms with van der Waals surface area (Å²) in [5, 5.41) is 0. The molecule has 4 atom stereocenters. The molecule has 1 aliphatic rings. The highest BCUT2D eigenvalue weighted by Gasteiger charge is 2.32. The molecule has 1 heterocycles. The molecule has 19 heavy (non-hydrogen) atoms. The Balaban J connectivity index is 1.89. The lowest BCUT2D eigenvalue weighted by atomic mass is 9.72. The third kappa shape index (κ3) is 3.83. The standard InChI is InChI=1S/C16H28N2O/c1-11-7-12(2)15(16(17)8-11)10-18(4)9-14-6-5-13(3)19-14/h5-6,11-12,15-16H,7-10,17H2,1-4H3. The van der Waals surface area contributed by atoms with Gasteiger partial charge in [0.05, 0.1) is 6.54 Å². The van der Waals surface area contributed by atoms with E-state index in [4.69, 9.17) is 10.2 Å². The summed E-state index contributed by atoms with van der Waals surface area (Å²) in [5.74, 6) is 4.14. The lowest BCUT2D eigenvalue weighted by molar-refractivity contribution is 0.124. The SMILES string of the molecule is Cc1ccc(CN(C)CC2C(C)CC(C)CC2N)o1. The predicted octanol–water partition coefficient (Wildman–Crippen LogP) is 3.03. The zero-order valence-electron chi connectivity index (χ0n) is 12.7. The third-order valence-corrected chi connectivity index (χ3v) is 4.47. The highest BCUT2D eigenvalue weighted by atomic mass is 16.3. The maximum Gasteiger partial charge on any atom is 0.118 e. The van der Waals surface area contributed by atoms with Gasteiger partial charge in [0.15, 0.2) is 0 Å². The summed E-state index contributed by atoms with van der Waals surface area (Å²) < 4.78 is 5.64. The van der Waals surface area contributed by atoms with E-state index >= 15 is 0 Å². The van der Waals surface area contributed by atoms with Crippen LogP contribution in [0, 0.1) is 24.7 Å². The Morgan fingerprint density at radius 1 is 1.32 bits per heavy atom. The van der Waals surface area contributed by atoms with Crippen molar-refractivity contribution < 1.29 is 4.42 Å². The second-order valence-electron chi connectivity index (χ2n) is 6.59. The smallest absolute Gasteiger partial charge is 0.118 e. The molecule has 2 N–H and O–H groups in total. The summed E-state index contributed by atoms with van der Waals surface area (Å²) in [5.41, 5.74) is 6.36. The van der Waals surface area contributed by atoms with E-state index in [-0.39, 0.29) is 0 Å². The minimum atomic E-state index is 0.347. The first-order chi connectivity index (χ1) is 8.95. The minimum absolute atomic E-state index is 0.347. The van der Waals surface area contributed by atoms with Crippen LogP contribution in [0.1, 0.15) is 38.2 Å². The molecule has 3 nitrogen and oxygen atoms in total. The number of furan rings is 1. The van der Waals surface area contributed by atoms with Crippen LogP contribution in [0.2, 0.25) is 0 Å². The predicted molar refractivity (Wildman–Crippen MR) is 78.8 cm³/mol. The Kier molecular flexibility index (Phi) is 4.69. The van der Waals surface area contributed by atoms with Gasteiger partial charge in [-0.1, -0.05) is 13.8 Å². The zero-order chi connectivity index (χ0) is 14.0. The van der Waals surface area contributed by atoms with Crippen LogP contribution >= 0.6 is 0 Å². The molecule has 1 aliphatic carbocycles. The van der Waals surface area contributed by atoms with Crippen molar-refractivity contribution in [3.05, 3.63) is 23.7 Å². The minimum Gasteiger partial charge on any atom is -0.465 e. The molecule has 0 saturated heterocycles. The van der Waals surface area contributed by atoms with Crippen LogP contribution in [0.4, 0.5) is 0 Å². The van der Waals surface area contributed by atoms with E-state index in [1.54, 1.807) is 0 Å². The molecule has 1 aromatic heterocycles. The topological polar surface area (TPSA) is 42.4 Å². The maximum atomic E-state index is 6.36. The molecule has 0 aromatic carbocycles. The Hall–Kier alpha value is -0.800. The van der Waals surface area contributed by atoms with Gasteiger partial charge in [0, 0.05) is 12.6 Å². The molecule has 0 amide bonds. The molecule has 0 spiro atoms. The van der Waals surface area contributed by atoms with Crippen molar-refractivity contribution in [2.75, 3.05) is 13.6 Å². The van der Waals surface area contributed by atoms with Crippen molar-refractivity contribution >= 4 is 0 Å². The van der Waals surface area contributed by atoms with Crippen molar-refractivity contribution in [1.29, 1.82) is 0 Å². The number of hydrogen-bond donors (Lipinski definition) is 1. The average Bonchev–Trinajstić information content (AvgIpc) is 2.69. The van der Waals surface area contributed by atoms with Crippen molar-refractivity contribution in [3.63, 3.8) is 0 Å². The molecule has 2 rings (SSSR count). The molecule has 0 bridgehead atoms. The van der Waals surface area contributed by atoms with E-state index < -0.39 is 0 Å². The lowest BCUT2D eigenvalue weighted by Gasteiger charge is -2.39. The van der Waals surface area contributed by atoms with Crippen molar-refractivity contribution in [1.82, 2.24) is 4.90 Å². The summed E-state index contributed by atoms with van der Waals surface area (Å²) >= 11 is 0. The first-order valence-corrected chi connectivity index (χ1v) is 7.45. The van der Waals surface area contributed by atoms with Crippen LogP contribution in [0.5, 0.6) is 0 Å². The quantitative estimate of drug-likeness (QED) is 0.909. The number of aryl methyl sites for hydroxylation is 1. The second-order valence-corrected chi connectivity index (χ2v) is 6.59. The fourth-order valence-corrected chi connectivity index (χ4v) is 3.54. The Morgan fingerprint density at radius 3 is 2.63 bits per heavy atom. The summed E-state index contributed by atoms with van der Waals surface area (Å²) in [4.78, 5) is 2.34. The molecular weight excluding hydrogens is 236 g/mol. The number of nitrogens with two attached hydrogens (primary N) is 1. The monoisotopic (exact) mass is 264 g/mol. The summed E-state index contributed by atoms with van der Waals surface area (Å²) in [6.07, 6.45) is 2.48. The van der Waals surface area contributed by atoms with E-state index in [2.05, 4.69) is 31.9 Å². The van der Waals surface area contributed by atoms with Gasteiger partial charge in [-0.15, -0.1) is 0 Å². The van der Waals surface area contributed by atoms with E-state index in [0.29, 0.717) is 12.0 Å². The Labute approximate surface area is 117 Å². The largest absolute Gasteiger partial charge is 0.465 e. The van der Waals surface area contributed by atoms with Gasteiger partial charge in [-0.2, -0.15) is 0 Å². The van der Waals surface area contributed by atoms with Gasteiger partial charge in [0.1, 0.15) is 11.5 Å². The molecule has 0 aliphatic heterocycles. The van der Waals surface area contributed by atoms with Gasteiger partial charge in [0.2, 0.25) is 0 Å². The highest BCUT2D eigenvalue weighted by Crippen LogP contribution is 2.33. The van der Waals surface area contributed by atoms with Gasteiger partial charge in [-0.3, -0.25) is 4.90 Å². The summed E-state index contributed by atoms with van der Waals surface area (Å²) in [7, 11) is 2.16. The van der Waals surface area contributed by atoms with Crippen molar-refractivity contribution in [3.8, 4) is 0 Å². The molecule has 1 fully saturated rings. The number of hydrogen-bond acceptors (Lipinski definition) is 3. The molecule has 0 radical (unpaired) electrons. The van der Waals surface area contributed by atoms with Gasteiger partial charge in [0.25, 0.3) is 0 Å². The Bertz CT molecular complexity index is 389. The van der Waals surface area contributed by atoms with Gasteiger partial charge < -0.3 is 10.2 Å². The van der Waals surface area contributed by atoms with Gasteiger partial charge >= 0.3 is 0 Å². The first kappa shape index (κ1) is 14.6. The zero-order valence-corrected chi connectivity index (χ0v) is 12.7. The summed E-state index contributed by atoms with van der Waals surface area (Å²) in [6, 6.07) is 4.44. The normalized spacial score (nSPS) is 31.9. The number of rotatable bonds is 4. The maximum absolute atomic E-state index is 6.36. The van der Waals surface area contributed by atoms with Crippen LogP contribution in [0.25, 0.3) is 0 Å².